The van der Waals surface area contributed by atoms with Crippen molar-refractivity contribution >= 4 is 27.0 Å². The highest BCUT2D eigenvalue weighted by Gasteiger charge is 2.22. The molecular weight excluding hydrogens is 332 g/mol. The maximum atomic E-state index is 10.8. The highest BCUT2D eigenvalue weighted by molar-refractivity contribution is 8.13. The number of hydrogen-bond donors (Lipinski definition) is 3. The smallest absolute Gasteiger partial charge is 0.267 e. The Labute approximate surface area is 143 Å². The minimum Gasteiger partial charge on any atom is -0.379 e. The zero-order valence-corrected chi connectivity index (χ0v) is 14.9. The van der Waals surface area contributed by atoms with E-state index in [9.17, 15) is 8.42 Å². The monoisotopic (exact) mass is 358 g/mol. The summed E-state index contributed by atoms with van der Waals surface area (Å²) in [6.45, 7) is 0. The molecule has 1 aromatic carbocycles. The molecule has 0 heterocycles. The summed E-state index contributed by atoms with van der Waals surface area (Å²) in [4.78, 5) is 0. The third kappa shape index (κ3) is 9.63. The van der Waals surface area contributed by atoms with E-state index in [1.165, 1.54) is 23.7 Å². The van der Waals surface area contributed by atoms with Crippen molar-refractivity contribution in [2.75, 3.05) is 0 Å². The molecule has 0 amide bonds. The van der Waals surface area contributed by atoms with Gasteiger partial charge in [-0.15, -0.1) is 0 Å². The Morgan fingerprint density at radius 1 is 1.13 bits per heavy atom. The van der Waals surface area contributed by atoms with Gasteiger partial charge in [-0.3, -0.25) is 9.96 Å². The molecule has 1 aliphatic rings. The molecule has 23 heavy (non-hydrogen) atoms. The Kier molecular flexibility index (Phi) is 9.28. The third-order valence-electron chi connectivity index (χ3n) is 3.71. The molecule has 1 saturated carbocycles. The zero-order valence-electron chi connectivity index (χ0n) is 13.3. The van der Waals surface area contributed by atoms with Gasteiger partial charge >= 0.3 is 0 Å². The lowest BCUT2D eigenvalue weighted by Crippen LogP contribution is -2.21. The second-order valence-electron chi connectivity index (χ2n) is 5.62. The predicted octanol–water partition coefficient (Wildman–Crippen LogP) is 3.80. The highest BCUT2D eigenvalue weighted by atomic mass is 32.2. The number of nitrogens with two attached hydrogens (primary N) is 1. The van der Waals surface area contributed by atoms with Crippen LogP contribution in [0.1, 0.15) is 50.5 Å². The molecule has 0 bridgehead atoms. The van der Waals surface area contributed by atoms with Gasteiger partial charge in [0.2, 0.25) is 0 Å². The lowest BCUT2D eigenvalue weighted by Gasteiger charge is -2.16. The number of amidine groups is 1. The Morgan fingerprint density at radius 3 is 2.13 bits per heavy atom. The van der Waals surface area contributed by atoms with E-state index in [0.29, 0.717) is 12.8 Å². The molecule has 2 rings (SSSR count). The topological polar surface area (TPSA) is 104 Å². The van der Waals surface area contributed by atoms with Crippen LogP contribution in [-0.4, -0.2) is 23.4 Å². The molecule has 0 radical (unpaired) electrons. The first-order valence-electron chi connectivity index (χ1n) is 7.86. The van der Waals surface area contributed by atoms with Crippen molar-refractivity contribution in [1.82, 2.24) is 0 Å². The summed E-state index contributed by atoms with van der Waals surface area (Å²) in [5.74, 6) is 0.788. The van der Waals surface area contributed by atoms with Gasteiger partial charge in [-0.05, 0) is 18.4 Å². The van der Waals surface area contributed by atoms with Crippen molar-refractivity contribution < 1.29 is 13.0 Å². The molecule has 130 valence electrons. The Balaban J connectivity index is 0.000000231. The molecule has 0 unspecified atom stereocenters. The molecule has 4 N–H and O–H groups in total. The molecule has 1 aliphatic carbocycles. The molecule has 1 aromatic rings. The number of nitrogens with one attached hydrogen (secondary N) is 1. The normalized spacial score (nSPS) is 16.6. The van der Waals surface area contributed by atoms with E-state index in [4.69, 9.17) is 15.7 Å². The van der Waals surface area contributed by atoms with E-state index in [-0.39, 0.29) is 5.17 Å². The van der Waals surface area contributed by atoms with Crippen molar-refractivity contribution in [3.8, 4) is 0 Å². The van der Waals surface area contributed by atoms with Crippen molar-refractivity contribution in [3.63, 3.8) is 0 Å². The predicted molar refractivity (Wildman–Crippen MR) is 97.3 cm³/mol. The first-order chi connectivity index (χ1) is 10.9. The van der Waals surface area contributed by atoms with Crippen LogP contribution < -0.4 is 5.73 Å². The zero-order chi connectivity index (χ0) is 17.1. The highest BCUT2D eigenvalue weighted by Crippen LogP contribution is 2.21. The van der Waals surface area contributed by atoms with Gasteiger partial charge in [-0.1, -0.05) is 74.2 Å². The average Bonchev–Trinajstić information content (AvgIpc) is 2.45. The Morgan fingerprint density at radius 2 is 1.65 bits per heavy atom. The summed E-state index contributed by atoms with van der Waals surface area (Å²) in [7, 11) is -3.77. The molecule has 0 aliphatic heterocycles. The SMILES string of the molecule is N=C(N)SCc1ccccc1.O=S(=O)(O)C1CCCCCCC1. The lowest BCUT2D eigenvalue weighted by atomic mass is 10.0. The van der Waals surface area contributed by atoms with Crippen LogP contribution in [0, 0.1) is 5.41 Å². The summed E-state index contributed by atoms with van der Waals surface area (Å²) in [6.07, 6.45) is 6.56. The van der Waals surface area contributed by atoms with E-state index in [0.717, 1.165) is 31.4 Å². The van der Waals surface area contributed by atoms with Gasteiger partial charge in [-0.2, -0.15) is 8.42 Å². The van der Waals surface area contributed by atoms with Crippen LogP contribution in [0.3, 0.4) is 0 Å². The molecule has 1 fully saturated rings. The van der Waals surface area contributed by atoms with Crippen molar-refractivity contribution in [2.45, 2.75) is 55.9 Å². The third-order valence-corrected chi connectivity index (χ3v) is 5.81. The maximum absolute atomic E-state index is 10.8. The minimum absolute atomic E-state index is 0.175. The number of thioether (sulfide) groups is 1. The largest absolute Gasteiger partial charge is 0.379 e. The quantitative estimate of drug-likeness (QED) is 0.433. The summed E-state index contributed by atoms with van der Waals surface area (Å²) >= 11 is 1.35. The van der Waals surface area contributed by atoms with Gasteiger partial charge in [0.1, 0.15) is 0 Å². The van der Waals surface area contributed by atoms with E-state index in [1.54, 1.807) is 0 Å². The van der Waals surface area contributed by atoms with E-state index in [2.05, 4.69) is 0 Å². The fourth-order valence-electron chi connectivity index (χ4n) is 2.45. The fourth-order valence-corrected chi connectivity index (χ4v) is 3.90. The molecule has 0 saturated heterocycles. The summed E-state index contributed by atoms with van der Waals surface area (Å²) in [5, 5.41) is 6.67. The van der Waals surface area contributed by atoms with E-state index >= 15 is 0 Å². The van der Waals surface area contributed by atoms with E-state index in [1.807, 2.05) is 30.3 Å². The molecule has 0 spiro atoms. The van der Waals surface area contributed by atoms with Crippen LogP contribution >= 0.6 is 11.8 Å². The Hall–Kier alpha value is -1.05. The molecule has 7 heteroatoms. The number of rotatable bonds is 3. The van der Waals surface area contributed by atoms with Gasteiger partial charge in [0, 0.05) is 5.75 Å². The fraction of sp³-hybridized carbons (Fsp3) is 0.562. The molecule has 0 aromatic heterocycles. The summed E-state index contributed by atoms with van der Waals surface area (Å²) in [5.41, 5.74) is 6.39. The molecule has 0 atom stereocenters. The molecule has 5 nitrogen and oxygen atoms in total. The van der Waals surface area contributed by atoms with Gasteiger partial charge in [0.05, 0.1) is 5.25 Å². The number of benzene rings is 1. The number of hydrogen-bond acceptors (Lipinski definition) is 4. The van der Waals surface area contributed by atoms with Crippen molar-refractivity contribution in [3.05, 3.63) is 35.9 Å². The minimum atomic E-state index is -3.77. The lowest BCUT2D eigenvalue weighted by molar-refractivity contribution is 0.432. The van der Waals surface area contributed by atoms with Crippen molar-refractivity contribution in [2.24, 2.45) is 5.73 Å². The van der Waals surface area contributed by atoms with Gasteiger partial charge in [0.15, 0.2) is 5.17 Å². The average molecular weight is 359 g/mol. The summed E-state index contributed by atoms with van der Waals surface area (Å²) in [6, 6.07) is 9.99. The van der Waals surface area contributed by atoms with Crippen LogP contribution in [0.4, 0.5) is 0 Å². The van der Waals surface area contributed by atoms with Gasteiger partial charge in [0.25, 0.3) is 10.1 Å². The first kappa shape index (κ1) is 20.0. The van der Waals surface area contributed by atoms with Crippen LogP contribution in [0.15, 0.2) is 30.3 Å². The standard InChI is InChI=1S/C8H10N2S.C8H16O3S/c9-8(10)11-6-7-4-2-1-3-5-7;9-12(10,11)8-6-4-2-1-3-5-7-8/h1-5H,6H2,(H3,9,10);8H,1-7H2,(H,9,10,11). The summed E-state index contributed by atoms with van der Waals surface area (Å²) < 4.78 is 30.4. The van der Waals surface area contributed by atoms with Crippen LogP contribution in [0.2, 0.25) is 0 Å². The van der Waals surface area contributed by atoms with Crippen LogP contribution in [0.25, 0.3) is 0 Å². The van der Waals surface area contributed by atoms with Crippen LogP contribution in [-0.2, 0) is 15.9 Å². The second kappa shape index (κ2) is 10.7. The first-order valence-corrected chi connectivity index (χ1v) is 10.4. The maximum Gasteiger partial charge on any atom is 0.267 e. The second-order valence-corrected chi connectivity index (χ2v) is 8.33. The Bertz CT molecular complexity index is 554. The van der Waals surface area contributed by atoms with Gasteiger partial charge in [-0.25, -0.2) is 0 Å². The van der Waals surface area contributed by atoms with Gasteiger partial charge < -0.3 is 5.73 Å². The van der Waals surface area contributed by atoms with Crippen molar-refractivity contribution in [1.29, 1.82) is 5.41 Å². The van der Waals surface area contributed by atoms with E-state index < -0.39 is 15.4 Å². The van der Waals surface area contributed by atoms with Crippen LogP contribution in [0.5, 0.6) is 0 Å². The molecular formula is C16H26N2O3S2.